The van der Waals surface area contributed by atoms with Crippen LogP contribution >= 0.6 is 11.6 Å². The molecule has 0 spiro atoms. The molecule has 1 heterocycles. The van der Waals surface area contributed by atoms with Crippen molar-refractivity contribution in [3.8, 4) is 0 Å². The Morgan fingerprint density at radius 3 is 2.52 bits per heavy atom. The number of sulfone groups is 1. The summed E-state index contributed by atoms with van der Waals surface area (Å²) in [7, 11) is -3.69. The quantitative estimate of drug-likeness (QED) is 0.821. The minimum atomic E-state index is -3.69. The summed E-state index contributed by atoms with van der Waals surface area (Å²) in [5.74, 6) is -1.98. The summed E-state index contributed by atoms with van der Waals surface area (Å²) in [6.45, 7) is 4.41. The average molecular weight is 364 g/mol. The van der Waals surface area contributed by atoms with Crippen molar-refractivity contribution in [1.82, 2.24) is 4.90 Å². The fourth-order valence-electron chi connectivity index (χ4n) is 2.59. The zero-order valence-electron chi connectivity index (χ0n) is 13.0. The number of carbonyl (C=O) groups is 1. The van der Waals surface area contributed by atoms with Gasteiger partial charge in [0.25, 0.3) is 0 Å². The van der Waals surface area contributed by atoms with Crippen LogP contribution in [-0.4, -0.2) is 50.3 Å². The van der Waals surface area contributed by atoms with Gasteiger partial charge in [0.2, 0.25) is 5.91 Å². The molecule has 0 saturated carbocycles. The second kappa shape index (κ2) is 7.15. The number of benzene rings is 1. The normalized spacial score (nSPS) is 22.2. The molecule has 5 nitrogen and oxygen atoms in total. The van der Waals surface area contributed by atoms with Crippen LogP contribution in [0, 0.1) is 5.82 Å². The molecular formula is C15H19ClFNO4S. The molecule has 1 fully saturated rings. The highest BCUT2D eigenvalue weighted by atomic mass is 35.5. The van der Waals surface area contributed by atoms with Gasteiger partial charge in [0.05, 0.1) is 18.0 Å². The molecule has 1 saturated heterocycles. The molecule has 1 aromatic rings. The summed E-state index contributed by atoms with van der Waals surface area (Å²) in [4.78, 5) is 13.7. The van der Waals surface area contributed by atoms with Crippen molar-refractivity contribution >= 4 is 27.3 Å². The number of hydrogen-bond donors (Lipinski definition) is 0. The van der Waals surface area contributed by atoms with Crippen molar-refractivity contribution in [2.45, 2.75) is 31.8 Å². The van der Waals surface area contributed by atoms with Crippen LogP contribution in [0.4, 0.5) is 4.39 Å². The Morgan fingerprint density at radius 2 is 1.96 bits per heavy atom. The number of hydrogen-bond acceptors (Lipinski definition) is 4. The van der Waals surface area contributed by atoms with Gasteiger partial charge in [-0.2, -0.15) is 0 Å². The van der Waals surface area contributed by atoms with Crippen molar-refractivity contribution in [3.05, 3.63) is 34.6 Å². The number of carbonyl (C=O) groups excluding carboxylic acids is 1. The second-order valence-corrected chi connectivity index (χ2v) is 8.30. The first-order valence-electron chi connectivity index (χ1n) is 7.24. The maximum absolute atomic E-state index is 13.0. The monoisotopic (exact) mass is 363 g/mol. The van der Waals surface area contributed by atoms with Gasteiger partial charge in [-0.15, -0.1) is 0 Å². The Labute approximate surface area is 140 Å². The van der Waals surface area contributed by atoms with Crippen molar-refractivity contribution < 1.29 is 22.3 Å². The molecule has 8 heteroatoms. The van der Waals surface area contributed by atoms with Crippen LogP contribution in [-0.2, 0) is 25.1 Å². The van der Waals surface area contributed by atoms with E-state index in [0.717, 1.165) is 12.1 Å². The molecule has 2 rings (SSSR count). The molecule has 0 radical (unpaired) electrons. The second-order valence-electron chi connectivity index (χ2n) is 5.82. The van der Waals surface area contributed by atoms with Crippen LogP contribution in [0.15, 0.2) is 18.2 Å². The van der Waals surface area contributed by atoms with E-state index >= 15 is 0 Å². The summed E-state index contributed by atoms with van der Waals surface area (Å²) in [5, 5.41) is 0.0367. The standard InChI is InChI=1S/C15H19ClFNO4S/c1-10-6-18(7-11(2)22-10)15(19)9-23(20,21)8-12-3-4-13(17)5-14(12)16/h3-5,10-11H,6-9H2,1-2H3. The summed E-state index contributed by atoms with van der Waals surface area (Å²) >= 11 is 5.84. The van der Waals surface area contributed by atoms with Crippen molar-refractivity contribution in [3.63, 3.8) is 0 Å². The number of nitrogens with zero attached hydrogens (tertiary/aromatic N) is 1. The van der Waals surface area contributed by atoms with Crippen LogP contribution in [0.25, 0.3) is 0 Å². The molecule has 1 aromatic carbocycles. The highest BCUT2D eigenvalue weighted by Crippen LogP contribution is 2.20. The van der Waals surface area contributed by atoms with Gasteiger partial charge in [-0.1, -0.05) is 17.7 Å². The van der Waals surface area contributed by atoms with Crippen LogP contribution < -0.4 is 0 Å². The third kappa shape index (κ3) is 5.16. The van der Waals surface area contributed by atoms with Crippen molar-refractivity contribution in [2.75, 3.05) is 18.8 Å². The number of halogens is 2. The first-order valence-corrected chi connectivity index (χ1v) is 9.44. The minimum Gasteiger partial charge on any atom is -0.372 e. The Hall–Kier alpha value is -1.18. The van der Waals surface area contributed by atoms with Gasteiger partial charge in [-0.3, -0.25) is 4.79 Å². The largest absolute Gasteiger partial charge is 0.372 e. The lowest BCUT2D eigenvalue weighted by Gasteiger charge is -2.35. The predicted octanol–water partition coefficient (Wildman–Crippen LogP) is 2.03. The van der Waals surface area contributed by atoms with Gasteiger partial charge in [0.15, 0.2) is 9.84 Å². The lowest BCUT2D eigenvalue weighted by atomic mass is 10.2. The van der Waals surface area contributed by atoms with Gasteiger partial charge in [0.1, 0.15) is 11.6 Å². The van der Waals surface area contributed by atoms with Gasteiger partial charge >= 0.3 is 0 Å². The first kappa shape index (κ1) is 18.2. The summed E-state index contributed by atoms with van der Waals surface area (Å²) in [5.41, 5.74) is 0.282. The average Bonchev–Trinajstić information content (AvgIpc) is 2.40. The van der Waals surface area contributed by atoms with E-state index < -0.39 is 33.1 Å². The molecule has 0 N–H and O–H groups in total. The highest BCUT2D eigenvalue weighted by molar-refractivity contribution is 7.91. The Bertz CT molecular complexity index is 685. The third-order valence-corrected chi connectivity index (χ3v) is 5.30. The molecule has 0 aliphatic carbocycles. The molecule has 23 heavy (non-hydrogen) atoms. The Kier molecular flexibility index (Phi) is 5.65. The maximum atomic E-state index is 13.0. The SMILES string of the molecule is CC1CN(C(=O)CS(=O)(=O)Cc2ccc(F)cc2Cl)CC(C)O1. The number of morpholine rings is 1. The lowest BCUT2D eigenvalue weighted by Crippen LogP contribution is -2.49. The van der Waals surface area contributed by atoms with Crippen LogP contribution in [0.1, 0.15) is 19.4 Å². The van der Waals surface area contributed by atoms with E-state index in [-0.39, 0.29) is 22.8 Å². The van der Waals surface area contributed by atoms with Crippen molar-refractivity contribution in [1.29, 1.82) is 0 Å². The molecule has 1 aliphatic heterocycles. The smallest absolute Gasteiger partial charge is 0.237 e. The van der Waals surface area contributed by atoms with Gasteiger partial charge in [-0.05, 0) is 31.5 Å². The van der Waals surface area contributed by atoms with E-state index in [0.29, 0.717) is 13.1 Å². The lowest BCUT2D eigenvalue weighted by molar-refractivity contribution is -0.140. The number of ether oxygens (including phenoxy) is 1. The van der Waals surface area contributed by atoms with E-state index in [1.807, 2.05) is 13.8 Å². The summed E-state index contributed by atoms with van der Waals surface area (Å²) < 4.78 is 43.0. The van der Waals surface area contributed by atoms with E-state index in [2.05, 4.69) is 0 Å². The zero-order valence-corrected chi connectivity index (χ0v) is 14.5. The Morgan fingerprint density at radius 1 is 1.35 bits per heavy atom. The van der Waals surface area contributed by atoms with E-state index in [1.54, 1.807) is 0 Å². The van der Waals surface area contributed by atoms with Gasteiger partial charge in [-0.25, -0.2) is 12.8 Å². The van der Waals surface area contributed by atoms with Crippen LogP contribution in [0.2, 0.25) is 5.02 Å². The molecule has 2 unspecified atom stereocenters. The molecule has 2 atom stereocenters. The number of amides is 1. The summed E-state index contributed by atoms with van der Waals surface area (Å²) in [6, 6.07) is 3.52. The van der Waals surface area contributed by atoms with E-state index in [4.69, 9.17) is 16.3 Å². The predicted molar refractivity (Wildman–Crippen MR) is 85.5 cm³/mol. The molecular weight excluding hydrogens is 345 g/mol. The van der Waals surface area contributed by atoms with Crippen LogP contribution in [0.3, 0.4) is 0 Å². The van der Waals surface area contributed by atoms with Crippen LogP contribution in [0.5, 0.6) is 0 Å². The molecule has 1 amide bonds. The van der Waals surface area contributed by atoms with Gasteiger partial charge in [0, 0.05) is 18.1 Å². The first-order chi connectivity index (χ1) is 10.7. The zero-order chi connectivity index (χ0) is 17.2. The molecule has 1 aliphatic rings. The fraction of sp³-hybridized carbons (Fsp3) is 0.533. The van der Waals surface area contributed by atoms with E-state index in [1.165, 1.54) is 11.0 Å². The topological polar surface area (TPSA) is 63.7 Å². The highest BCUT2D eigenvalue weighted by Gasteiger charge is 2.29. The minimum absolute atomic E-state index is 0.0367. The third-order valence-electron chi connectivity index (χ3n) is 3.51. The maximum Gasteiger partial charge on any atom is 0.237 e. The fourth-order valence-corrected chi connectivity index (χ4v) is 4.29. The molecule has 0 aromatic heterocycles. The number of rotatable bonds is 4. The van der Waals surface area contributed by atoms with Gasteiger partial charge < -0.3 is 9.64 Å². The Balaban J connectivity index is 2.04. The molecule has 0 bridgehead atoms. The van der Waals surface area contributed by atoms with Crippen molar-refractivity contribution in [2.24, 2.45) is 0 Å². The summed E-state index contributed by atoms with van der Waals surface area (Å²) in [6.07, 6.45) is -0.256. The molecule has 128 valence electrons. The van der Waals surface area contributed by atoms with E-state index in [9.17, 15) is 17.6 Å².